The number of aliphatic hydroxyl groups is 1. The lowest BCUT2D eigenvalue weighted by Crippen LogP contribution is -2.17. The van der Waals surface area contributed by atoms with Crippen LogP contribution in [0.4, 0.5) is 0 Å². The molecule has 5 heteroatoms. The lowest BCUT2D eigenvalue weighted by Gasteiger charge is -2.16. The lowest BCUT2D eigenvalue weighted by atomic mass is 10.00. The van der Waals surface area contributed by atoms with Crippen LogP contribution in [0.25, 0.3) is 0 Å². The summed E-state index contributed by atoms with van der Waals surface area (Å²) in [6.45, 7) is 3.96. The Morgan fingerprint density at radius 3 is 3.00 bits per heavy atom. The SMILES string of the molecule is [2H]COCn1cc(CCCCCC(C)(C)O)nn1. The van der Waals surface area contributed by atoms with Crippen molar-refractivity contribution in [2.45, 2.75) is 58.3 Å². The molecule has 0 atom stereocenters. The van der Waals surface area contributed by atoms with Crippen molar-refractivity contribution in [2.24, 2.45) is 0 Å². The van der Waals surface area contributed by atoms with Gasteiger partial charge in [0, 0.05) is 7.09 Å². The molecule has 1 aromatic heterocycles. The van der Waals surface area contributed by atoms with E-state index < -0.39 is 5.60 Å². The lowest BCUT2D eigenvalue weighted by molar-refractivity contribution is 0.0681. The number of methoxy groups -OCH3 is 1. The van der Waals surface area contributed by atoms with Crippen LogP contribution in [0.1, 0.15) is 46.6 Å². The van der Waals surface area contributed by atoms with Gasteiger partial charge >= 0.3 is 0 Å². The van der Waals surface area contributed by atoms with Gasteiger partial charge in [0.25, 0.3) is 0 Å². The predicted octanol–water partition coefficient (Wildman–Crippen LogP) is 1.76. The first kappa shape index (κ1) is 12.5. The molecule has 5 nitrogen and oxygen atoms in total. The van der Waals surface area contributed by atoms with Crippen LogP contribution < -0.4 is 0 Å². The van der Waals surface area contributed by atoms with E-state index in [2.05, 4.69) is 10.3 Å². The molecule has 0 saturated heterocycles. The van der Waals surface area contributed by atoms with Gasteiger partial charge in [-0.1, -0.05) is 18.1 Å². The molecule has 0 aliphatic heterocycles. The van der Waals surface area contributed by atoms with Gasteiger partial charge in [0.15, 0.2) is 0 Å². The van der Waals surface area contributed by atoms with E-state index in [1.54, 1.807) is 4.68 Å². The van der Waals surface area contributed by atoms with Crippen molar-refractivity contribution in [3.63, 3.8) is 0 Å². The highest BCUT2D eigenvalue weighted by atomic mass is 16.5. The minimum Gasteiger partial charge on any atom is -0.390 e. The fraction of sp³-hybridized carbons (Fsp3) is 0.833. The van der Waals surface area contributed by atoms with Crippen LogP contribution in [0.3, 0.4) is 0 Å². The van der Waals surface area contributed by atoms with E-state index in [1.807, 2.05) is 20.0 Å². The number of hydrogen-bond acceptors (Lipinski definition) is 4. The van der Waals surface area contributed by atoms with E-state index in [0.29, 0.717) is 0 Å². The van der Waals surface area contributed by atoms with Crippen LogP contribution in [0.5, 0.6) is 0 Å². The summed E-state index contributed by atoms with van der Waals surface area (Å²) in [6, 6.07) is 0. The molecule has 0 radical (unpaired) electrons. The first-order valence-electron chi connectivity index (χ1n) is 6.70. The molecule has 0 spiro atoms. The first-order valence-corrected chi connectivity index (χ1v) is 5.99. The number of nitrogens with zero attached hydrogens (tertiary/aromatic N) is 3. The molecule has 1 heterocycles. The highest BCUT2D eigenvalue weighted by Gasteiger charge is 2.11. The zero-order chi connectivity index (χ0) is 13.4. The van der Waals surface area contributed by atoms with E-state index >= 15 is 0 Å². The molecule has 0 aliphatic rings. The Bertz CT molecular complexity index is 336. The van der Waals surface area contributed by atoms with Crippen LogP contribution in [0.2, 0.25) is 0 Å². The number of aryl methyl sites for hydroxylation is 1. The summed E-state index contributed by atoms with van der Waals surface area (Å²) in [5.74, 6) is 0. The van der Waals surface area contributed by atoms with E-state index in [-0.39, 0.29) is 13.8 Å². The summed E-state index contributed by atoms with van der Waals surface area (Å²) >= 11 is 0. The smallest absolute Gasteiger partial charge is 0.140 e. The van der Waals surface area contributed by atoms with Crippen LogP contribution in [0, 0.1) is 0 Å². The van der Waals surface area contributed by atoms with Gasteiger partial charge in [-0.05, 0) is 33.1 Å². The van der Waals surface area contributed by atoms with Gasteiger partial charge in [0.1, 0.15) is 6.73 Å². The van der Waals surface area contributed by atoms with E-state index in [1.165, 1.54) is 0 Å². The van der Waals surface area contributed by atoms with Crippen LogP contribution in [-0.2, 0) is 17.9 Å². The Balaban J connectivity index is 2.13. The van der Waals surface area contributed by atoms with Crippen molar-refractivity contribution in [1.29, 1.82) is 0 Å². The Labute approximate surface area is 104 Å². The van der Waals surface area contributed by atoms with Gasteiger partial charge in [-0.3, -0.25) is 0 Å². The average molecular weight is 242 g/mol. The standard InChI is InChI=1S/C12H23N3O2/c1-12(2,16)8-6-4-5-7-11-9-15(10-17-3)14-13-11/h9,16H,4-8,10H2,1-3H3/i3D. The van der Waals surface area contributed by atoms with Crippen molar-refractivity contribution in [3.8, 4) is 0 Å². The monoisotopic (exact) mass is 242 g/mol. The molecule has 0 amide bonds. The Kier molecular flexibility index (Phi) is 4.94. The van der Waals surface area contributed by atoms with Gasteiger partial charge in [0.05, 0.1) is 18.9 Å². The maximum Gasteiger partial charge on any atom is 0.140 e. The second-order valence-electron chi connectivity index (χ2n) is 4.96. The van der Waals surface area contributed by atoms with Crippen molar-refractivity contribution in [3.05, 3.63) is 11.9 Å². The fourth-order valence-corrected chi connectivity index (χ4v) is 1.65. The third kappa shape index (κ3) is 6.38. The van der Waals surface area contributed by atoms with E-state index in [0.717, 1.165) is 37.8 Å². The van der Waals surface area contributed by atoms with Gasteiger partial charge in [-0.2, -0.15) is 0 Å². The van der Waals surface area contributed by atoms with Gasteiger partial charge in [0.2, 0.25) is 0 Å². The minimum atomic E-state index is -0.559. The van der Waals surface area contributed by atoms with Crippen molar-refractivity contribution in [2.75, 3.05) is 7.09 Å². The van der Waals surface area contributed by atoms with E-state index in [9.17, 15) is 5.11 Å². The molecule has 0 unspecified atom stereocenters. The van der Waals surface area contributed by atoms with Crippen LogP contribution in [0.15, 0.2) is 6.20 Å². The summed E-state index contributed by atoms with van der Waals surface area (Å²) in [6.07, 6.45) is 6.74. The zero-order valence-corrected chi connectivity index (χ0v) is 10.7. The number of aromatic nitrogens is 3. The quantitative estimate of drug-likeness (QED) is 0.706. The zero-order valence-electron chi connectivity index (χ0n) is 11.7. The molecule has 0 bridgehead atoms. The van der Waals surface area contributed by atoms with Crippen molar-refractivity contribution in [1.82, 2.24) is 15.0 Å². The molecule has 17 heavy (non-hydrogen) atoms. The molecular weight excluding hydrogens is 218 g/mol. The highest BCUT2D eigenvalue weighted by Crippen LogP contribution is 2.14. The Morgan fingerprint density at radius 1 is 1.47 bits per heavy atom. The summed E-state index contributed by atoms with van der Waals surface area (Å²) in [7, 11) is -0.0634. The Morgan fingerprint density at radius 2 is 2.29 bits per heavy atom. The summed E-state index contributed by atoms with van der Waals surface area (Å²) in [4.78, 5) is 0. The van der Waals surface area contributed by atoms with Crippen LogP contribution in [-0.4, -0.2) is 32.8 Å². The molecule has 0 fully saturated rings. The molecule has 1 aromatic rings. The van der Waals surface area contributed by atoms with Gasteiger partial charge in [-0.15, -0.1) is 5.10 Å². The normalized spacial score (nSPS) is 12.8. The summed E-state index contributed by atoms with van der Waals surface area (Å²) in [5.41, 5.74) is 0.392. The van der Waals surface area contributed by atoms with Crippen molar-refractivity contribution < 1.29 is 11.2 Å². The molecule has 1 N–H and O–H groups in total. The topological polar surface area (TPSA) is 60.2 Å². The second kappa shape index (κ2) is 6.71. The third-order valence-electron chi connectivity index (χ3n) is 2.53. The maximum absolute atomic E-state index is 9.56. The molecule has 0 saturated carbocycles. The second-order valence-corrected chi connectivity index (χ2v) is 4.96. The number of ether oxygens (including phenoxy) is 1. The van der Waals surface area contributed by atoms with Gasteiger partial charge < -0.3 is 9.84 Å². The van der Waals surface area contributed by atoms with Crippen LogP contribution >= 0.6 is 0 Å². The number of unbranched alkanes of at least 4 members (excludes halogenated alkanes) is 2. The average Bonchev–Trinajstić information content (AvgIpc) is 2.72. The largest absolute Gasteiger partial charge is 0.390 e. The third-order valence-corrected chi connectivity index (χ3v) is 2.53. The van der Waals surface area contributed by atoms with E-state index in [4.69, 9.17) is 6.11 Å². The molecule has 1 rings (SSSR count). The van der Waals surface area contributed by atoms with Crippen molar-refractivity contribution >= 4 is 0 Å². The Hall–Kier alpha value is -0.940. The molecule has 0 aromatic carbocycles. The number of hydrogen-bond donors (Lipinski definition) is 1. The first-order chi connectivity index (χ1) is 8.51. The summed E-state index contributed by atoms with van der Waals surface area (Å²) < 4.78 is 13.4. The predicted molar refractivity (Wildman–Crippen MR) is 65.5 cm³/mol. The van der Waals surface area contributed by atoms with Gasteiger partial charge in [-0.25, -0.2) is 4.68 Å². The molecular formula is C12H23N3O2. The minimum absolute atomic E-state index is 0.0634. The fourth-order valence-electron chi connectivity index (χ4n) is 1.65. The molecule has 0 aliphatic carbocycles. The highest BCUT2D eigenvalue weighted by molar-refractivity contribution is 4.91. The maximum atomic E-state index is 9.56. The molecule has 98 valence electrons. The number of rotatable bonds is 8. The summed E-state index contributed by atoms with van der Waals surface area (Å²) in [5, 5.41) is 17.5.